The van der Waals surface area contributed by atoms with Crippen molar-refractivity contribution in [3.8, 4) is 0 Å². The van der Waals surface area contributed by atoms with Crippen LogP contribution in [0.15, 0.2) is 5.38 Å². The molecule has 1 aromatic rings. The van der Waals surface area contributed by atoms with Crippen molar-refractivity contribution >= 4 is 11.3 Å². The Morgan fingerprint density at radius 2 is 1.94 bits per heavy atom. The molecule has 0 bridgehead atoms. The van der Waals surface area contributed by atoms with E-state index in [0.29, 0.717) is 0 Å². The zero-order chi connectivity index (χ0) is 12.2. The van der Waals surface area contributed by atoms with E-state index in [-0.39, 0.29) is 0 Å². The predicted molar refractivity (Wildman–Crippen MR) is 77.2 cm³/mol. The summed E-state index contributed by atoms with van der Waals surface area (Å²) in [7, 11) is 0. The van der Waals surface area contributed by atoms with Crippen molar-refractivity contribution < 1.29 is 0 Å². The van der Waals surface area contributed by atoms with E-state index >= 15 is 0 Å². The van der Waals surface area contributed by atoms with Crippen LogP contribution in [-0.4, -0.2) is 18.1 Å². The first-order valence-electron chi connectivity index (χ1n) is 7.57. The molecule has 3 heteroatoms. The number of aromatic nitrogens is 1. The van der Waals surface area contributed by atoms with Gasteiger partial charge in [-0.05, 0) is 57.5 Å². The monoisotopic (exact) mass is 264 g/mol. The molecule has 18 heavy (non-hydrogen) atoms. The Labute approximate surface area is 114 Å². The minimum absolute atomic E-state index is 0.786. The van der Waals surface area contributed by atoms with Gasteiger partial charge in [0, 0.05) is 11.3 Å². The van der Waals surface area contributed by atoms with Crippen molar-refractivity contribution in [3.05, 3.63) is 16.1 Å². The van der Waals surface area contributed by atoms with E-state index in [2.05, 4.69) is 10.7 Å². The van der Waals surface area contributed by atoms with E-state index < -0.39 is 0 Å². The van der Waals surface area contributed by atoms with E-state index in [9.17, 15) is 0 Å². The van der Waals surface area contributed by atoms with Gasteiger partial charge in [0.25, 0.3) is 0 Å². The summed E-state index contributed by atoms with van der Waals surface area (Å²) in [5.74, 6) is 1.72. The van der Waals surface area contributed by atoms with Crippen molar-refractivity contribution in [2.24, 2.45) is 5.92 Å². The van der Waals surface area contributed by atoms with Crippen molar-refractivity contribution in [1.82, 2.24) is 10.3 Å². The quantitative estimate of drug-likeness (QED) is 0.896. The van der Waals surface area contributed by atoms with Crippen LogP contribution < -0.4 is 5.32 Å². The van der Waals surface area contributed by atoms with Crippen LogP contribution in [0.4, 0.5) is 0 Å². The number of piperidine rings is 1. The lowest BCUT2D eigenvalue weighted by Crippen LogP contribution is -2.27. The fourth-order valence-electron chi connectivity index (χ4n) is 3.35. The Morgan fingerprint density at radius 3 is 2.72 bits per heavy atom. The average Bonchev–Trinajstić information content (AvgIpc) is 3.08. The van der Waals surface area contributed by atoms with Gasteiger partial charge in [-0.15, -0.1) is 11.3 Å². The summed E-state index contributed by atoms with van der Waals surface area (Å²) < 4.78 is 0. The van der Waals surface area contributed by atoms with Crippen LogP contribution in [0.1, 0.15) is 61.6 Å². The van der Waals surface area contributed by atoms with Gasteiger partial charge < -0.3 is 5.32 Å². The molecule has 0 unspecified atom stereocenters. The number of aryl methyl sites for hydroxylation is 1. The largest absolute Gasteiger partial charge is 0.317 e. The highest BCUT2D eigenvalue weighted by Gasteiger charge is 2.20. The maximum absolute atomic E-state index is 4.88. The molecule has 1 N–H and O–H groups in total. The molecule has 1 saturated carbocycles. The average molecular weight is 264 g/mol. The number of hydrogen-bond acceptors (Lipinski definition) is 3. The molecule has 2 nitrogen and oxygen atoms in total. The van der Waals surface area contributed by atoms with E-state index in [0.717, 1.165) is 11.8 Å². The van der Waals surface area contributed by atoms with Crippen molar-refractivity contribution in [1.29, 1.82) is 0 Å². The van der Waals surface area contributed by atoms with E-state index in [1.807, 2.05) is 11.3 Å². The molecule has 2 aliphatic rings. The maximum atomic E-state index is 4.88. The van der Waals surface area contributed by atoms with Crippen LogP contribution in [0.2, 0.25) is 0 Å². The van der Waals surface area contributed by atoms with Crippen LogP contribution in [0.5, 0.6) is 0 Å². The molecule has 2 fully saturated rings. The second-order valence-corrected chi connectivity index (χ2v) is 6.82. The highest BCUT2D eigenvalue weighted by atomic mass is 32.1. The van der Waals surface area contributed by atoms with Crippen molar-refractivity contribution in [2.75, 3.05) is 13.1 Å². The van der Waals surface area contributed by atoms with Crippen LogP contribution in [0.25, 0.3) is 0 Å². The Morgan fingerprint density at radius 1 is 1.17 bits per heavy atom. The molecule has 0 spiro atoms. The minimum Gasteiger partial charge on any atom is -0.317 e. The van der Waals surface area contributed by atoms with Gasteiger partial charge in [0.1, 0.15) is 0 Å². The first-order chi connectivity index (χ1) is 8.92. The first kappa shape index (κ1) is 12.6. The zero-order valence-electron chi connectivity index (χ0n) is 11.2. The van der Waals surface area contributed by atoms with Gasteiger partial charge in [-0.2, -0.15) is 0 Å². The highest BCUT2D eigenvalue weighted by Crippen LogP contribution is 2.34. The molecular weight excluding hydrogens is 240 g/mol. The summed E-state index contributed by atoms with van der Waals surface area (Å²) in [4.78, 5) is 4.88. The van der Waals surface area contributed by atoms with Crippen LogP contribution >= 0.6 is 11.3 Å². The third-order valence-corrected chi connectivity index (χ3v) is 5.49. The van der Waals surface area contributed by atoms with Gasteiger partial charge in [0.05, 0.1) is 10.7 Å². The van der Waals surface area contributed by atoms with Gasteiger partial charge in [0.2, 0.25) is 0 Å². The molecular formula is C15H24N2S. The minimum atomic E-state index is 0.786. The zero-order valence-corrected chi connectivity index (χ0v) is 12.0. The van der Waals surface area contributed by atoms with Gasteiger partial charge in [-0.25, -0.2) is 4.98 Å². The molecule has 0 aromatic carbocycles. The van der Waals surface area contributed by atoms with Crippen molar-refractivity contribution in [3.63, 3.8) is 0 Å². The van der Waals surface area contributed by atoms with Crippen LogP contribution in [0.3, 0.4) is 0 Å². The summed E-state index contributed by atoms with van der Waals surface area (Å²) in [5, 5.41) is 7.15. The lowest BCUT2D eigenvalue weighted by Gasteiger charge is -2.21. The number of thiazole rings is 1. The first-order valence-corrected chi connectivity index (χ1v) is 8.45. The Balaban J connectivity index is 1.50. The smallest absolute Gasteiger partial charge is 0.0928 e. The molecule has 1 aliphatic carbocycles. The molecule has 100 valence electrons. The summed E-state index contributed by atoms with van der Waals surface area (Å²) >= 11 is 1.90. The molecule has 1 saturated heterocycles. The van der Waals surface area contributed by atoms with Crippen LogP contribution in [-0.2, 0) is 6.42 Å². The molecule has 2 heterocycles. The normalized spacial score (nSPS) is 22.7. The van der Waals surface area contributed by atoms with E-state index in [1.165, 1.54) is 75.2 Å². The molecule has 1 aromatic heterocycles. The second kappa shape index (κ2) is 6.16. The summed E-state index contributed by atoms with van der Waals surface area (Å²) in [5.41, 5.74) is 1.40. The molecule has 3 rings (SSSR count). The summed E-state index contributed by atoms with van der Waals surface area (Å²) in [6.45, 7) is 2.44. The summed E-state index contributed by atoms with van der Waals surface area (Å²) in [6.07, 6.45) is 10.8. The molecule has 1 aliphatic heterocycles. The number of nitrogens with one attached hydrogen (secondary N) is 1. The van der Waals surface area contributed by atoms with Gasteiger partial charge in [-0.3, -0.25) is 0 Å². The van der Waals surface area contributed by atoms with Gasteiger partial charge in [0.15, 0.2) is 0 Å². The number of hydrogen-bond donors (Lipinski definition) is 1. The number of rotatable bonds is 4. The molecule has 0 atom stereocenters. The molecule has 0 radical (unpaired) electrons. The second-order valence-electron chi connectivity index (χ2n) is 5.88. The maximum Gasteiger partial charge on any atom is 0.0928 e. The van der Waals surface area contributed by atoms with E-state index in [4.69, 9.17) is 4.98 Å². The Bertz CT molecular complexity index is 362. The molecule has 0 amide bonds. The predicted octanol–water partition coefficient (Wildman–Crippen LogP) is 3.73. The fourth-order valence-corrected chi connectivity index (χ4v) is 4.24. The SMILES string of the molecule is c1sc(CCC2CCNCC2)nc1C1CCCC1. The van der Waals surface area contributed by atoms with Gasteiger partial charge >= 0.3 is 0 Å². The third-order valence-electron chi connectivity index (χ3n) is 4.57. The lowest BCUT2D eigenvalue weighted by molar-refractivity contribution is 0.354. The third kappa shape index (κ3) is 3.12. The standard InChI is InChI=1S/C15H24N2S/c1-2-4-13(3-1)14-11-18-15(17-14)6-5-12-7-9-16-10-8-12/h11-13,16H,1-10H2. The highest BCUT2D eigenvalue weighted by molar-refractivity contribution is 7.09. The van der Waals surface area contributed by atoms with Gasteiger partial charge in [-0.1, -0.05) is 12.8 Å². The Kier molecular flexibility index (Phi) is 4.32. The number of nitrogens with zero attached hydrogens (tertiary/aromatic N) is 1. The fraction of sp³-hybridized carbons (Fsp3) is 0.800. The Hall–Kier alpha value is -0.410. The lowest BCUT2D eigenvalue weighted by atomic mass is 9.93. The summed E-state index contributed by atoms with van der Waals surface area (Å²) in [6, 6.07) is 0. The van der Waals surface area contributed by atoms with Crippen molar-refractivity contribution in [2.45, 2.75) is 57.3 Å². The van der Waals surface area contributed by atoms with Crippen LogP contribution in [0, 0.1) is 5.92 Å². The topological polar surface area (TPSA) is 24.9 Å². The van der Waals surface area contributed by atoms with E-state index in [1.54, 1.807) is 0 Å².